The summed E-state index contributed by atoms with van der Waals surface area (Å²) in [7, 11) is 0. The normalized spacial score (nSPS) is 11.2. The third-order valence-corrected chi connectivity index (χ3v) is 5.22. The van der Waals surface area contributed by atoms with E-state index in [0.29, 0.717) is 23.6 Å². The predicted octanol–water partition coefficient (Wildman–Crippen LogP) is 2.43. The molecular formula is C19H18N8O3S. The van der Waals surface area contributed by atoms with Crippen LogP contribution in [-0.2, 0) is 0 Å². The number of amides is 1. The molecule has 0 saturated heterocycles. The van der Waals surface area contributed by atoms with E-state index in [2.05, 4.69) is 35.8 Å². The highest BCUT2D eigenvalue weighted by Gasteiger charge is 2.25. The SMILES string of the molecule is CCOc1ccc(-c2c(C(=O)NN=Cc3sccc3C)nnn2-c2nonc2N)cc1. The lowest BCUT2D eigenvalue weighted by atomic mass is 10.1. The molecular weight excluding hydrogens is 420 g/mol. The summed E-state index contributed by atoms with van der Waals surface area (Å²) in [6.45, 7) is 4.40. The molecule has 3 heterocycles. The first-order valence-corrected chi connectivity index (χ1v) is 10.1. The highest BCUT2D eigenvalue weighted by molar-refractivity contribution is 7.11. The number of nitrogen functional groups attached to an aromatic ring is 1. The fraction of sp³-hybridized carbons (Fsp3) is 0.158. The van der Waals surface area contributed by atoms with Crippen LogP contribution in [0.5, 0.6) is 5.75 Å². The van der Waals surface area contributed by atoms with Gasteiger partial charge < -0.3 is 10.5 Å². The summed E-state index contributed by atoms with van der Waals surface area (Å²) in [5.74, 6) is 0.272. The number of carbonyl (C=O) groups excluding carboxylic acids is 1. The summed E-state index contributed by atoms with van der Waals surface area (Å²) in [5.41, 5.74) is 10.4. The molecule has 0 spiro atoms. The van der Waals surface area contributed by atoms with Crippen molar-refractivity contribution in [1.82, 2.24) is 30.7 Å². The lowest BCUT2D eigenvalue weighted by Gasteiger charge is -2.07. The first-order valence-electron chi connectivity index (χ1n) is 9.23. The monoisotopic (exact) mass is 438 g/mol. The fourth-order valence-corrected chi connectivity index (χ4v) is 3.56. The number of hydrogen-bond acceptors (Lipinski definition) is 10. The molecule has 4 rings (SSSR count). The summed E-state index contributed by atoms with van der Waals surface area (Å²) >= 11 is 1.52. The highest BCUT2D eigenvalue weighted by Crippen LogP contribution is 2.28. The summed E-state index contributed by atoms with van der Waals surface area (Å²) < 4.78 is 11.5. The number of nitrogens with zero attached hydrogens (tertiary/aromatic N) is 6. The van der Waals surface area contributed by atoms with Crippen LogP contribution >= 0.6 is 11.3 Å². The number of nitrogens with one attached hydrogen (secondary N) is 1. The van der Waals surface area contributed by atoms with Crippen molar-refractivity contribution in [3.05, 3.63) is 51.8 Å². The van der Waals surface area contributed by atoms with Gasteiger partial charge in [0.25, 0.3) is 5.91 Å². The van der Waals surface area contributed by atoms with E-state index in [4.69, 9.17) is 10.5 Å². The molecule has 0 bridgehead atoms. The van der Waals surface area contributed by atoms with Gasteiger partial charge in [0.05, 0.1) is 12.8 Å². The molecule has 0 unspecified atom stereocenters. The second-order valence-electron chi connectivity index (χ2n) is 6.30. The lowest BCUT2D eigenvalue weighted by molar-refractivity contribution is 0.0950. The van der Waals surface area contributed by atoms with Crippen LogP contribution in [0.15, 0.2) is 45.4 Å². The smallest absolute Gasteiger partial charge is 0.294 e. The summed E-state index contributed by atoms with van der Waals surface area (Å²) in [6.07, 6.45) is 1.58. The number of aromatic nitrogens is 5. The molecule has 1 amide bonds. The van der Waals surface area contributed by atoms with E-state index in [0.717, 1.165) is 10.4 Å². The van der Waals surface area contributed by atoms with Crippen molar-refractivity contribution in [2.75, 3.05) is 12.3 Å². The van der Waals surface area contributed by atoms with Gasteiger partial charge in [-0.3, -0.25) is 4.79 Å². The number of benzene rings is 1. The van der Waals surface area contributed by atoms with Crippen molar-refractivity contribution < 1.29 is 14.2 Å². The van der Waals surface area contributed by atoms with Crippen LogP contribution in [0.1, 0.15) is 27.9 Å². The van der Waals surface area contributed by atoms with Gasteiger partial charge in [-0.15, -0.1) is 16.4 Å². The van der Waals surface area contributed by atoms with Crippen LogP contribution in [0.3, 0.4) is 0 Å². The van der Waals surface area contributed by atoms with E-state index in [1.807, 2.05) is 25.3 Å². The van der Waals surface area contributed by atoms with Gasteiger partial charge >= 0.3 is 0 Å². The Bertz CT molecular complexity index is 1230. The van der Waals surface area contributed by atoms with Gasteiger partial charge in [-0.25, -0.2) is 10.1 Å². The molecule has 0 saturated carbocycles. The maximum absolute atomic E-state index is 12.8. The molecule has 0 aliphatic heterocycles. The molecule has 0 radical (unpaired) electrons. The Hall–Kier alpha value is -4.06. The fourth-order valence-electron chi connectivity index (χ4n) is 2.77. The van der Waals surface area contributed by atoms with Crippen LogP contribution in [0, 0.1) is 6.92 Å². The minimum absolute atomic E-state index is 0.00948. The maximum Gasteiger partial charge on any atom is 0.294 e. The summed E-state index contributed by atoms with van der Waals surface area (Å²) in [5, 5.41) is 21.4. The number of hydrazone groups is 1. The second-order valence-corrected chi connectivity index (χ2v) is 7.24. The zero-order valence-electron chi connectivity index (χ0n) is 16.6. The maximum atomic E-state index is 12.8. The first kappa shape index (κ1) is 20.2. The van der Waals surface area contributed by atoms with Gasteiger partial charge in [0.1, 0.15) is 11.4 Å². The predicted molar refractivity (Wildman–Crippen MR) is 114 cm³/mol. The summed E-state index contributed by atoms with van der Waals surface area (Å²) in [6, 6.07) is 9.08. The number of anilines is 1. The third kappa shape index (κ3) is 4.14. The number of rotatable bonds is 7. The number of ether oxygens (including phenoxy) is 1. The van der Waals surface area contributed by atoms with Crippen LogP contribution in [-0.4, -0.2) is 44.0 Å². The van der Waals surface area contributed by atoms with Crippen molar-refractivity contribution in [3.63, 3.8) is 0 Å². The lowest BCUT2D eigenvalue weighted by Crippen LogP contribution is -2.19. The minimum atomic E-state index is -0.546. The van der Waals surface area contributed by atoms with Gasteiger partial charge in [-0.05, 0) is 65.4 Å². The third-order valence-electron chi connectivity index (χ3n) is 4.27. The number of thiophene rings is 1. The molecule has 4 aromatic rings. The van der Waals surface area contributed by atoms with Crippen molar-refractivity contribution in [2.45, 2.75) is 13.8 Å². The molecule has 3 aromatic heterocycles. The van der Waals surface area contributed by atoms with E-state index in [9.17, 15) is 4.79 Å². The van der Waals surface area contributed by atoms with Gasteiger partial charge in [-0.2, -0.15) is 9.78 Å². The largest absolute Gasteiger partial charge is 0.494 e. The van der Waals surface area contributed by atoms with Crippen LogP contribution in [0.25, 0.3) is 17.1 Å². The molecule has 31 heavy (non-hydrogen) atoms. The number of carbonyl (C=O) groups is 1. The van der Waals surface area contributed by atoms with E-state index in [1.54, 1.807) is 30.5 Å². The molecule has 0 aliphatic carbocycles. The Labute approximate surface area is 180 Å². The zero-order valence-corrected chi connectivity index (χ0v) is 17.5. The van der Waals surface area contributed by atoms with Crippen LogP contribution in [0.2, 0.25) is 0 Å². The Kier molecular flexibility index (Phi) is 5.71. The number of nitrogens with two attached hydrogens (primary N) is 1. The van der Waals surface area contributed by atoms with Crippen molar-refractivity contribution in [2.24, 2.45) is 5.10 Å². The van der Waals surface area contributed by atoms with Gasteiger partial charge in [-0.1, -0.05) is 5.21 Å². The van der Waals surface area contributed by atoms with E-state index >= 15 is 0 Å². The number of aryl methyl sites for hydroxylation is 1. The Morgan fingerprint density at radius 2 is 2.13 bits per heavy atom. The van der Waals surface area contributed by atoms with Gasteiger partial charge in [0.15, 0.2) is 5.69 Å². The zero-order chi connectivity index (χ0) is 21.8. The van der Waals surface area contributed by atoms with E-state index in [1.165, 1.54) is 16.0 Å². The summed E-state index contributed by atoms with van der Waals surface area (Å²) in [4.78, 5) is 13.8. The van der Waals surface area contributed by atoms with Crippen LogP contribution in [0.4, 0.5) is 5.82 Å². The van der Waals surface area contributed by atoms with E-state index in [-0.39, 0.29) is 17.3 Å². The number of hydrogen-bond donors (Lipinski definition) is 2. The Balaban J connectivity index is 1.69. The minimum Gasteiger partial charge on any atom is -0.494 e. The van der Waals surface area contributed by atoms with Crippen molar-refractivity contribution in [3.8, 4) is 22.8 Å². The average molecular weight is 438 g/mol. The first-order chi connectivity index (χ1) is 15.1. The van der Waals surface area contributed by atoms with Crippen molar-refractivity contribution >= 4 is 29.3 Å². The van der Waals surface area contributed by atoms with Gasteiger partial charge in [0.2, 0.25) is 11.6 Å². The van der Waals surface area contributed by atoms with Gasteiger partial charge in [0, 0.05) is 10.4 Å². The standard InChI is InChI=1S/C19H18N8O3S/c1-3-29-13-6-4-12(5-7-13)16-15(22-26-27(16)18-17(20)24-30-25-18)19(28)23-21-10-14-11(2)8-9-31-14/h4-10H,3H2,1-2H3,(H2,20,24)(H,23,28). The molecule has 1 aromatic carbocycles. The quantitative estimate of drug-likeness (QED) is 0.330. The molecule has 0 atom stereocenters. The molecule has 158 valence electrons. The van der Waals surface area contributed by atoms with Crippen molar-refractivity contribution in [1.29, 1.82) is 0 Å². The highest BCUT2D eigenvalue weighted by atomic mass is 32.1. The van der Waals surface area contributed by atoms with Crippen LogP contribution < -0.4 is 15.9 Å². The molecule has 11 nitrogen and oxygen atoms in total. The molecule has 0 fully saturated rings. The second kappa shape index (κ2) is 8.75. The molecule has 12 heteroatoms. The molecule has 3 N–H and O–H groups in total. The van der Waals surface area contributed by atoms with E-state index < -0.39 is 5.91 Å². The Morgan fingerprint density at radius 3 is 2.77 bits per heavy atom. The Morgan fingerprint density at radius 1 is 1.32 bits per heavy atom. The topological polar surface area (TPSA) is 146 Å². The average Bonchev–Trinajstić information content (AvgIpc) is 3.49. The molecule has 0 aliphatic rings.